The predicted molar refractivity (Wildman–Crippen MR) is 96.5 cm³/mol. The topological polar surface area (TPSA) is 54.5 Å². The zero-order chi connectivity index (χ0) is 16.4. The summed E-state index contributed by atoms with van der Waals surface area (Å²) in [4.78, 5) is 19.4. The van der Waals surface area contributed by atoms with Crippen LogP contribution in [0.5, 0.6) is 0 Å². The van der Waals surface area contributed by atoms with Crippen molar-refractivity contribution in [3.63, 3.8) is 0 Å². The number of fused-ring (bicyclic) bond motifs is 1. The first-order valence-electron chi connectivity index (χ1n) is 8.78. The molecular weight excluding hydrogens is 322 g/mol. The molecule has 2 fully saturated rings. The molecule has 2 saturated heterocycles. The lowest BCUT2D eigenvalue weighted by molar-refractivity contribution is -0.125. The van der Waals surface area contributed by atoms with E-state index in [1.54, 1.807) is 11.3 Å². The number of piperidine rings is 1. The van der Waals surface area contributed by atoms with Gasteiger partial charge < -0.3 is 15.0 Å². The predicted octanol–water partition coefficient (Wildman–Crippen LogP) is 2.81. The molecule has 2 atom stereocenters. The summed E-state index contributed by atoms with van der Waals surface area (Å²) in [6.07, 6.45) is 6.22. The van der Waals surface area contributed by atoms with Crippen molar-refractivity contribution >= 4 is 33.1 Å². The molecule has 0 bridgehead atoms. The molecule has 0 aliphatic carbocycles. The van der Waals surface area contributed by atoms with Gasteiger partial charge in [0.1, 0.15) is 5.82 Å². The van der Waals surface area contributed by atoms with Crippen LogP contribution in [0.2, 0.25) is 0 Å². The van der Waals surface area contributed by atoms with Crippen LogP contribution in [0.3, 0.4) is 0 Å². The van der Waals surface area contributed by atoms with Crippen molar-refractivity contribution in [2.75, 3.05) is 31.1 Å². The van der Waals surface area contributed by atoms with Crippen LogP contribution < -0.4 is 10.2 Å². The third-order valence-corrected chi connectivity index (χ3v) is 5.86. The van der Waals surface area contributed by atoms with Crippen molar-refractivity contribution in [1.82, 2.24) is 10.3 Å². The van der Waals surface area contributed by atoms with Gasteiger partial charge in [-0.1, -0.05) is 0 Å². The van der Waals surface area contributed by atoms with Crippen LogP contribution in [-0.2, 0) is 9.53 Å². The summed E-state index contributed by atoms with van der Waals surface area (Å²) >= 11 is 1.73. The largest absolute Gasteiger partial charge is 0.376 e. The van der Waals surface area contributed by atoms with Gasteiger partial charge in [0.2, 0.25) is 5.91 Å². The van der Waals surface area contributed by atoms with Crippen LogP contribution in [-0.4, -0.2) is 43.2 Å². The molecule has 4 heterocycles. The molecule has 24 heavy (non-hydrogen) atoms. The number of amides is 1. The SMILES string of the molecule is O=C(NCC1CCCO1)C1CCCN(c2nccc3sccc23)C1. The van der Waals surface area contributed by atoms with Gasteiger partial charge >= 0.3 is 0 Å². The highest BCUT2D eigenvalue weighted by Gasteiger charge is 2.28. The number of anilines is 1. The molecule has 2 unspecified atom stereocenters. The molecule has 2 aliphatic rings. The molecule has 2 aromatic rings. The van der Waals surface area contributed by atoms with Gasteiger partial charge in [0.25, 0.3) is 0 Å². The molecule has 0 spiro atoms. The first kappa shape index (κ1) is 15.8. The lowest BCUT2D eigenvalue weighted by atomic mass is 9.96. The molecule has 0 saturated carbocycles. The van der Waals surface area contributed by atoms with Crippen molar-refractivity contribution in [1.29, 1.82) is 0 Å². The van der Waals surface area contributed by atoms with Crippen LogP contribution >= 0.6 is 11.3 Å². The lowest BCUT2D eigenvalue weighted by Gasteiger charge is -2.33. The van der Waals surface area contributed by atoms with E-state index >= 15 is 0 Å². The van der Waals surface area contributed by atoms with Gasteiger partial charge in [-0.25, -0.2) is 4.98 Å². The fourth-order valence-corrected chi connectivity index (χ4v) is 4.46. The standard InChI is InChI=1S/C18H23N3O2S/c22-18(20-11-14-4-2-9-23-14)13-3-1-8-21(12-13)17-15-6-10-24-16(15)5-7-19-17/h5-7,10,13-14H,1-4,8-9,11-12H2,(H,20,22). The number of pyridine rings is 1. The van der Waals surface area contributed by atoms with Gasteiger partial charge in [0.15, 0.2) is 0 Å². The maximum absolute atomic E-state index is 12.5. The van der Waals surface area contributed by atoms with E-state index in [2.05, 4.69) is 32.7 Å². The Morgan fingerprint density at radius 3 is 3.21 bits per heavy atom. The van der Waals surface area contributed by atoms with Gasteiger partial charge in [0, 0.05) is 42.5 Å². The van der Waals surface area contributed by atoms with Crippen LogP contribution in [0.4, 0.5) is 5.82 Å². The Kier molecular flexibility index (Phi) is 4.67. The summed E-state index contributed by atoms with van der Waals surface area (Å²) in [5.74, 6) is 1.22. The van der Waals surface area contributed by atoms with Crippen molar-refractivity contribution in [3.05, 3.63) is 23.7 Å². The normalized spacial score (nSPS) is 24.4. The summed E-state index contributed by atoms with van der Waals surface area (Å²) in [7, 11) is 0. The molecule has 1 N–H and O–H groups in total. The highest BCUT2D eigenvalue weighted by Crippen LogP contribution is 2.31. The van der Waals surface area contributed by atoms with E-state index in [0.717, 1.165) is 51.2 Å². The molecule has 128 valence electrons. The number of thiophene rings is 1. The van der Waals surface area contributed by atoms with Crippen LogP contribution in [0, 0.1) is 5.92 Å². The molecule has 4 rings (SSSR count). The first-order chi connectivity index (χ1) is 11.8. The summed E-state index contributed by atoms with van der Waals surface area (Å²) in [6.45, 7) is 3.19. The van der Waals surface area contributed by atoms with E-state index in [9.17, 15) is 4.79 Å². The Balaban J connectivity index is 1.41. The number of rotatable bonds is 4. The number of carbonyl (C=O) groups excluding carboxylic acids is 1. The van der Waals surface area contributed by atoms with E-state index in [4.69, 9.17) is 4.74 Å². The fourth-order valence-electron chi connectivity index (χ4n) is 3.68. The maximum atomic E-state index is 12.5. The minimum atomic E-state index is 0.0378. The zero-order valence-corrected chi connectivity index (χ0v) is 14.6. The number of hydrogen-bond acceptors (Lipinski definition) is 5. The summed E-state index contributed by atoms with van der Waals surface area (Å²) in [5, 5.41) is 6.39. The van der Waals surface area contributed by atoms with Crippen molar-refractivity contribution in [2.45, 2.75) is 31.8 Å². The van der Waals surface area contributed by atoms with Crippen molar-refractivity contribution in [2.24, 2.45) is 5.92 Å². The number of hydrogen-bond donors (Lipinski definition) is 1. The van der Waals surface area contributed by atoms with E-state index in [1.165, 1.54) is 10.1 Å². The monoisotopic (exact) mass is 345 g/mol. The Hall–Kier alpha value is -1.66. The quantitative estimate of drug-likeness (QED) is 0.926. The third-order valence-electron chi connectivity index (χ3n) is 4.98. The average molecular weight is 345 g/mol. The van der Waals surface area contributed by atoms with E-state index in [1.807, 2.05) is 6.20 Å². The number of ether oxygens (including phenoxy) is 1. The Bertz CT molecular complexity index is 711. The van der Waals surface area contributed by atoms with E-state index in [0.29, 0.717) is 6.54 Å². The van der Waals surface area contributed by atoms with Crippen LogP contribution in [0.25, 0.3) is 10.1 Å². The molecular formula is C18H23N3O2S. The van der Waals surface area contributed by atoms with Crippen molar-refractivity contribution < 1.29 is 9.53 Å². The Morgan fingerprint density at radius 2 is 2.33 bits per heavy atom. The molecule has 1 amide bonds. The van der Waals surface area contributed by atoms with Crippen molar-refractivity contribution in [3.8, 4) is 0 Å². The molecule has 5 nitrogen and oxygen atoms in total. The van der Waals surface area contributed by atoms with E-state index in [-0.39, 0.29) is 17.9 Å². The van der Waals surface area contributed by atoms with Gasteiger partial charge in [-0.3, -0.25) is 4.79 Å². The highest BCUT2D eigenvalue weighted by atomic mass is 32.1. The second kappa shape index (κ2) is 7.07. The summed E-state index contributed by atoms with van der Waals surface area (Å²) < 4.78 is 6.84. The van der Waals surface area contributed by atoms with Crippen LogP contribution in [0.1, 0.15) is 25.7 Å². The minimum Gasteiger partial charge on any atom is -0.376 e. The zero-order valence-electron chi connectivity index (χ0n) is 13.7. The summed E-state index contributed by atoms with van der Waals surface area (Å²) in [5.41, 5.74) is 0. The lowest BCUT2D eigenvalue weighted by Crippen LogP contribution is -2.45. The average Bonchev–Trinajstić information content (AvgIpc) is 3.30. The molecule has 2 aromatic heterocycles. The van der Waals surface area contributed by atoms with Crippen LogP contribution in [0.15, 0.2) is 23.7 Å². The summed E-state index contributed by atoms with van der Waals surface area (Å²) in [6, 6.07) is 4.18. The van der Waals surface area contributed by atoms with Gasteiger partial charge in [-0.15, -0.1) is 11.3 Å². The number of carbonyl (C=O) groups is 1. The third kappa shape index (κ3) is 3.26. The van der Waals surface area contributed by atoms with E-state index < -0.39 is 0 Å². The van der Waals surface area contributed by atoms with Gasteiger partial charge in [-0.05, 0) is 43.2 Å². The van der Waals surface area contributed by atoms with Gasteiger partial charge in [0.05, 0.1) is 12.0 Å². The molecule has 2 aliphatic heterocycles. The van der Waals surface area contributed by atoms with Gasteiger partial charge in [-0.2, -0.15) is 0 Å². The maximum Gasteiger partial charge on any atom is 0.224 e. The Morgan fingerprint density at radius 1 is 1.38 bits per heavy atom. The second-order valence-corrected chi connectivity index (χ2v) is 7.58. The molecule has 0 aromatic carbocycles. The number of nitrogens with one attached hydrogen (secondary N) is 1. The minimum absolute atomic E-state index is 0.0378. The number of aromatic nitrogens is 1. The second-order valence-electron chi connectivity index (χ2n) is 6.63. The first-order valence-corrected chi connectivity index (χ1v) is 9.66. The fraction of sp³-hybridized carbons (Fsp3) is 0.556. The molecule has 6 heteroatoms. The number of nitrogens with zero attached hydrogens (tertiary/aromatic N) is 2. The highest BCUT2D eigenvalue weighted by molar-refractivity contribution is 7.17. The smallest absolute Gasteiger partial charge is 0.224 e. The Labute approximate surface area is 146 Å². The molecule has 0 radical (unpaired) electrons.